The molecule has 0 radical (unpaired) electrons. The van der Waals surface area contributed by atoms with Crippen molar-refractivity contribution in [3.63, 3.8) is 0 Å². The molecule has 3 nitrogen and oxygen atoms in total. The van der Waals surface area contributed by atoms with Gasteiger partial charge in [-0.05, 0) is 37.1 Å². The van der Waals surface area contributed by atoms with Gasteiger partial charge in [0, 0.05) is 19.1 Å². The van der Waals surface area contributed by atoms with Crippen LogP contribution in [-0.2, 0) is 4.74 Å². The highest BCUT2D eigenvalue weighted by Gasteiger charge is 2.21. The minimum absolute atomic E-state index is 0.182. The summed E-state index contributed by atoms with van der Waals surface area (Å²) in [6, 6.07) is 7.16. The van der Waals surface area contributed by atoms with Gasteiger partial charge in [-0.2, -0.15) is 0 Å². The van der Waals surface area contributed by atoms with E-state index in [1.165, 1.54) is 17.7 Å². The van der Waals surface area contributed by atoms with Crippen LogP contribution in [-0.4, -0.2) is 37.7 Å². The number of hydrogen-bond acceptors (Lipinski definition) is 3. The summed E-state index contributed by atoms with van der Waals surface area (Å²) in [5, 5.41) is 0. The second-order valence-electron chi connectivity index (χ2n) is 4.65. The maximum Gasteiger partial charge on any atom is 0.123 e. The zero-order valence-corrected chi connectivity index (χ0v) is 10.6. The Morgan fingerprint density at radius 3 is 2.50 bits per heavy atom. The first-order valence-electron chi connectivity index (χ1n) is 6.58. The van der Waals surface area contributed by atoms with Gasteiger partial charge in [0.15, 0.2) is 0 Å². The van der Waals surface area contributed by atoms with Crippen LogP contribution < -0.4 is 5.73 Å². The summed E-state index contributed by atoms with van der Waals surface area (Å²) in [4.78, 5) is 2.41. The number of ether oxygens (including phenoxy) is 1. The van der Waals surface area contributed by atoms with Gasteiger partial charge in [0.05, 0.1) is 13.2 Å². The second kappa shape index (κ2) is 6.83. The molecule has 1 aliphatic heterocycles. The zero-order chi connectivity index (χ0) is 12.8. The Kier molecular flexibility index (Phi) is 5.11. The van der Waals surface area contributed by atoms with Crippen molar-refractivity contribution < 1.29 is 9.13 Å². The third-order valence-corrected chi connectivity index (χ3v) is 3.42. The molecule has 0 aromatic heterocycles. The predicted octanol–water partition coefficient (Wildman–Crippen LogP) is 1.94. The smallest absolute Gasteiger partial charge is 0.123 e. The summed E-state index contributed by atoms with van der Waals surface area (Å²) in [6.45, 7) is 4.13. The fraction of sp³-hybridized carbons (Fsp3) is 0.571. The standard InChI is InChI=1S/C14H21FN2O/c15-13-5-3-12(4-6-13)14(2-1-7-16)17-8-10-18-11-9-17/h3-6,14H,1-2,7-11,16H2. The third-order valence-electron chi connectivity index (χ3n) is 3.42. The molecule has 2 N–H and O–H groups in total. The van der Waals surface area contributed by atoms with E-state index in [0.29, 0.717) is 12.6 Å². The van der Waals surface area contributed by atoms with Crippen LogP contribution in [0.5, 0.6) is 0 Å². The quantitative estimate of drug-likeness (QED) is 0.870. The molecular formula is C14H21FN2O. The zero-order valence-electron chi connectivity index (χ0n) is 10.6. The summed E-state index contributed by atoms with van der Waals surface area (Å²) < 4.78 is 18.4. The number of nitrogens with two attached hydrogens (primary N) is 1. The van der Waals surface area contributed by atoms with Crippen molar-refractivity contribution in [3.05, 3.63) is 35.6 Å². The molecule has 1 fully saturated rings. The van der Waals surface area contributed by atoms with E-state index >= 15 is 0 Å². The molecule has 1 aromatic carbocycles. The van der Waals surface area contributed by atoms with Crippen LogP contribution in [0.4, 0.5) is 4.39 Å². The molecule has 1 saturated heterocycles. The Bertz CT molecular complexity index is 349. The Hall–Kier alpha value is -0.970. The summed E-state index contributed by atoms with van der Waals surface area (Å²) in [5.74, 6) is -0.182. The lowest BCUT2D eigenvalue weighted by molar-refractivity contribution is 0.0139. The van der Waals surface area contributed by atoms with Crippen molar-refractivity contribution in [3.8, 4) is 0 Å². The van der Waals surface area contributed by atoms with Crippen LogP contribution in [0.25, 0.3) is 0 Å². The molecule has 1 aromatic rings. The lowest BCUT2D eigenvalue weighted by atomic mass is 9.99. The first-order chi connectivity index (χ1) is 8.81. The van der Waals surface area contributed by atoms with E-state index in [2.05, 4.69) is 4.90 Å². The topological polar surface area (TPSA) is 38.5 Å². The van der Waals surface area contributed by atoms with Crippen LogP contribution in [0.3, 0.4) is 0 Å². The van der Waals surface area contributed by atoms with E-state index in [1.807, 2.05) is 12.1 Å². The molecular weight excluding hydrogens is 231 g/mol. The minimum Gasteiger partial charge on any atom is -0.379 e. The Labute approximate surface area is 108 Å². The van der Waals surface area contributed by atoms with E-state index in [0.717, 1.165) is 39.1 Å². The highest BCUT2D eigenvalue weighted by Crippen LogP contribution is 2.26. The maximum absolute atomic E-state index is 13.0. The molecule has 0 saturated carbocycles. The fourth-order valence-electron chi connectivity index (χ4n) is 2.45. The van der Waals surface area contributed by atoms with E-state index in [1.54, 1.807) is 0 Å². The molecule has 1 heterocycles. The third kappa shape index (κ3) is 3.51. The molecule has 4 heteroatoms. The molecule has 1 unspecified atom stereocenters. The van der Waals surface area contributed by atoms with Gasteiger partial charge >= 0.3 is 0 Å². The Morgan fingerprint density at radius 1 is 1.22 bits per heavy atom. The van der Waals surface area contributed by atoms with Crippen molar-refractivity contribution in [1.29, 1.82) is 0 Å². The molecule has 18 heavy (non-hydrogen) atoms. The number of rotatable bonds is 5. The molecule has 0 aliphatic carbocycles. The number of morpholine rings is 1. The molecule has 0 spiro atoms. The average molecular weight is 252 g/mol. The van der Waals surface area contributed by atoms with Crippen molar-refractivity contribution in [2.24, 2.45) is 5.73 Å². The van der Waals surface area contributed by atoms with E-state index in [9.17, 15) is 4.39 Å². The van der Waals surface area contributed by atoms with Crippen LogP contribution >= 0.6 is 0 Å². The molecule has 100 valence electrons. The first-order valence-corrected chi connectivity index (χ1v) is 6.58. The summed E-state index contributed by atoms with van der Waals surface area (Å²) in [5.41, 5.74) is 6.78. The lowest BCUT2D eigenvalue weighted by Crippen LogP contribution is -2.39. The van der Waals surface area contributed by atoms with E-state index in [4.69, 9.17) is 10.5 Å². The lowest BCUT2D eigenvalue weighted by Gasteiger charge is -2.35. The summed E-state index contributed by atoms with van der Waals surface area (Å²) >= 11 is 0. The van der Waals surface area contributed by atoms with Crippen LogP contribution in [0.15, 0.2) is 24.3 Å². The van der Waals surface area contributed by atoms with Crippen LogP contribution in [0.1, 0.15) is 24.4 Å². The summed E-state index contributed by atoms with van der Waals surface area (Å²) in [7, 11) is 0. The Morgan fingerprint density at radius 2 is 1.89 bits per heavy atom. The molecule has 1 aliphatic rings. The normalized spacial score (nSPS) is 18.8. The number of benzene rings is 1. The fourth-order valence-corrected chi connectivity index (χ4v) is 2.45. The monoisotopic (exact) mass is 252 g/mol. The van der Waals surface area contributed by atoms with Crippen molar-refractivity contribution in [1.82, 2.24) is 4.90 Å². The first kappa shape index (κ1) is 13.5. The maximum atomic E-state index is 13.0. The highest BCUT2D eigenvalue weighted by atomic mass is 19.1. The van der Waals surface area contributed by atoms with Gasteiger partial charge in [-0.1, -0.05) is 12.1 Å². The Balaban J connectivity index is 2.10. The minimum atomic E-state index is -0.182. The van der Waals surface area contributed by atoms with Crippen LogP contribution in [0, 0.1) is 5.82 Å². The van der Waals surface area contributed by atoms with Crippen molar-refractivity contribution >= 4 is 0 Å². The van der Waals surface area contributed by atoms with Gasteiger partial charge in [-0.15, -0.1) is 0 Å². The molecule has 1 atom stereocenters. The van der Waals surface area contributed by atoms with Gasteiger partial charge in [0.2, 0.25) is 0 Å². The summed E-state index contributed by atoms with van der Waals surface area (Å²) in [6.07, 6.45) is 2.00. The number of hydrogen-bond donors (Lipinski definition) is 1. The van der Waals surface area contributed by atoms with E-state index in [-0.39, 0.29) is 5.82 Å². The second-order valence-corrected chi connectivity index (χ2v) is 4.65. The van der Waals surface area contributed by atoms with Gasteiger partial charge < -0.3 is 10.5 Å². The van der Waals surface area contributed by atoms with Crippen molar-refractivity contribution in [2.45, 2.75) is 18.9 Å². The van der Waals surface area contributed by atoms with Gasteiger partial charge in [0.25, 0.3) is 0 Å². The predicted molar refractivity (Wildman–Crippen MR) is 69.8 cm³/mol. The largest absolute Gasteiger partial charge is 0.379 e. The number of nitrogens with zero attached hydrogens (tertiary/aromatic N) is 1. The van der Waals surface area contributed by atoms with Gasteiger partial charge in [-0.3, -0.25) is 4.90 Å². The highest BCUT2D eigenvalue weighted by molar-refractivity contribution is 5.20. The van der Waals surface area contributed by atoms with Gasteiger partial charge in [-0.25, -0.2) is 4.39 Å². The average Bonchev–Trinajstić information content (AvgIpc) is 2.42. The molecule has 2 rings (SSSR count). The van der Waals surface area contributed by atoms with Crippen molar-refractivity contribution in [2.75, 3.05) is 32.8 Å². The SMILES string of the molecule is NCCCC(c1ccc(F)cc1)N1CCOCC1. The van der Waals surface area contributed by atoms with Crippen LogP contribution in [0.2, 0.25) is 0 Å². The molecule has 0 bridgehead atoms. The van der Waals surface area contributed by atoms with Gasteiger partial charge in [0.1, 0.15) is 5.82 Å². The number of halogens is 1. The van der Waals surface area contributed by atoms with E-state index < -0.39 is 0 Å². The molecule has 0 amide bonds.